The molecule has 0 aromatic heterocycles. The van der Waals surface area contributed by atoms with E-state index in [9.17, 15) is 0 Å². The molecule has 13 heavy (non-hydrogen) atoms. The predicted molar refractivity (Wildman–Crippen MR) is 56.1 cm³/mol. The number of nitrogens with zero attached hydrogens (tertiary/aromatic N) is 1. The Morgan fingerprint density at radius 1 is 1.38 bits per heavy atom. The molecule has 70 valence electrons. The third kappa shape index (κ3) is 2.98. The molecule has 0 fully saturated rings. The van der Waals surface area contributed by atoms with Gasteiger partial charge in [-0.05, 0) is 17.8 Å². The smallest absolute Gasteiger partial charge is 0.197 e. The summed E-state index contributed by atoms with van der Waals surface area (Å²) < 4.78 is 0. The number of hydrazine groups is 2. The first-order valence-corrected chi connectivity index (χ1v) is 4.21. The molecule has 4 nitrogen and oxygen atoms in total. The monoisotopic (exact) mass is 196 g/mol. The Balaban J connectivity index is 2.55. The van der Waals surface area contributed by atoms with Gasteiger partial charge in [-0.15, -0.1) is 0 Å². The lowest BCUT2D eigenvalue weighted by molar-refractivity contribution is 0.426. The topological polar surface area (TPSA) is 67.3 Å². The highest BCUT2D eigenvalue weighted by Crippen LogP contribution is 2.00. The van der Waals surface area contributed by atoms with E-state index >= 15 is 0 Å². The number of hydrogen-bond donors (Lipinski definition) is 3. The summed E-state index contributed by atoms with van der Waals surface area (Å²) in [5.74, 6) is 10.7. The van der Waals surface area contributed by atoms with Crippen molar-refractivity contribution in [1.82, 2.24) is 10.4 Å². The molecule has 0 aliphatic rings. The van der Waals surface area contributed by atoms with Crippen LogP contribution in [0.4, 0.5) is 0 Å². The van der Waals surface area contributed by atoms with Gasteiger partial charge in [0.15, 0.2) is 5.11 Å². The first-order chi connectivity index (χ1) is 6.24. The van der Waals surface area contributed by atoms with Gasteiger partial charge >= 0.3 is 0 Å². The summed E-state index contributed by atoms with van der Waals surface area (Å²) in [6.07, 6.45) is 0. The number of benzene rings is 1. The Hall–Kier alpha value is -1.17. The molecule has 0 atom stereocenters. The molecular formula is C8H12N4S. The molecule has 0 saturated carbocycles. The fraction of sp³-hybridized carbons (Fsp3) is 0.125. The number of rotatable bonds is 2. The molecule has 1 aromatic rings. The van der Waals surface area contributed by atoms with Crippen molar-refractivity contribution in [1.29, 1.82) is 0 Å². The Bertz CT molecular complexity index is 275. The summed E-state index contributed by atoms with van der Waals surface area (Å²) in [6, 6.07) is 9.78. The van der Waals surface area contributed by atoms with E-state index in [1.54, 1.807) is 0 Å². The zero-order chi connectivity index (χ0) is 9.68. The lowest BCUT2D eigenvalue weighted by Crippen LogP contribution is -2.46. The second-order valence-corrected chi connectivity index (χ2v) is 2.95. The van der Waals surface area contributed by atoms with Gasteiger partial charge in [-0.1, -0.05) is 30.3 Å². The summed E-state index contributed by atoms with van der Waals surface area (Å²) in [5, 5.41) is 1.70. The SMILES string of the molecule is NNC(=S)N(N)Cc1ccccc1. The highest BCUT2D eigenvalue weighted by Gasteiger charge is 2.02. The summed E-state index contributed by atoms with van der Waals surface area (Å²) >= 11 is 4.84. The van der Waals surface area contributed by atoms with Crippen molar-refractivity contribution in [2.24, 2.45) is 11.7 Å². The van der Waals surface area contributed by atoms with Gasteiger partial charge in [-0.3, -0.25) is 10.4 Å². The quantitative estimate of drug-likeness (QED) is 0.356. The highest BCUT2D eigenvalue weighted by molar-refractivity contribution is 7.80. The third-order valence-corrected chi connectivity index (χ3v) is 1.93. The van der Waals surface area contributed by atoms with Crippen LogP contribution in [-0.4, -0.2) is 10.1 Å². The molecule has 0 aliphatic carbocycles. The zero-order valence-corrected chi connectivity index (χ0v) is 7.92. The van der Waals surface area contributed by atoms with Gasteiger partial charge in [-0.25, -0.2) is 11.7 Å². The highest BCUT2D eigenvalue weighted by atomic mass is 32.1. The maximum absolute atomic E-state index is 5.61. The van der Waals surface area contributed by atoms with E-state index in [0.29, 0.717) is 11.7 Å². The first kappa shape index (κ1) is 9.91. The first-order valence-electron chi connectivity index (χ1n) is 3.81. The van der Waals surface area contributed by atoms with E-state index in [1.165, 1.54) is 5.01 Å². The molecule has 0 unspecified atom stereocenters. The predicted octanol–water partition coefficient (Wildman–Crippen LogP) is 0.111. The lowest BCUT2D eigenvalue weighted by atomic mass is 10.2. The fourth-order valence-electron chi connectivity index (χ4n) is 0.935. The summed E-state index contributed by atoms with van der Waals surface area (Å²) in [6.45, 7) is 0.546. The number of thiocarbonyl (C=S) groups is 1. The van der Waals surface area contributed by atoms with E-state index in [4.69, 9.17) is 23.9 Å². The van der Waals surface area contributed by atoms with E-state index < -0.39 is 0 Å². The third-order valence-electron chi connectivity index (χ3n) is 1.58. The van der Waals surface area contributed by atoms with Crippen molar-refractivity contribution >= 4 is 17.3 Å². The number of nitrogens with two attached hydrogens (primary N) is 2. The lowest BCUT2D eigenvalue weighted by Gasteiger charge is -2.18. The van der Waals surface area contributed by atoms with Gasteiger partial charge in [0.2, 0.25) is 0 Å². The maximum atomic E-state index is 5.61. The van der Waals surface area contributed by atoms with Crippen LogP contribution in [0.25, 0.3) is 0 Å². The van der Waals surface area contributed by atoms with Crippen LogP contribution in [0.15, 0.2) is 30.3 Å². The van der Waals surface area contributed by atoms with E-state index in [2.05, 4.69) is 5.43 Å². The van der Waals surface area contributed by atoms with Crippen molar-refractivity contribution in [3.8, 4) is 0 Å². The minimum Gasteiger partial charge on any atom is -0.300 e. The molecule has 0 saturated heterocycles. The summed E-state index contributed by atoms with van der Waals surface area (Å²) in [4.78, 5) is 0. The second-order valence-electron chi connectivity index (χ2n) is 2.56. The van der Waals surface area contributed by atoms with Crippen LogP contribution in [-0.2, 0) is 6.54 Å². The molecule has 0 aliphatic heterocycles. The summed E-state index contributed by atoms with van der Waals surface area (Å²) in [7, 11) is 0. The van der Waals surface area contributed by atoms with Gasteiger partial charge in [0.05, 0.1) is 6.54 Å². The maximum Gasteiger partial charge on any atom is 0.197 e. The van der Waals surface area contributed by atoms with Crippen molar-refractivity contribution in [3.05, 3.63) is 35.9 Å². The standard InChI is InChI=1S/C8H12N4S/c9-11-8(13)12(10)6-7-4-2-1-3-5-7/h1-5H,6,9-10H2,(H,11,13). The van der Waals surface area contributed by atoms with Gasteiger partial charge in [-0.2, -0.15) is 0 Å². The Morgan fingerprint density at radius 3 is 2.54 bits per heavy atom. The van der Waals surface area contributed by atoms with Crippen LogP contribution in [0.1, 0.15) is 5.56 Å². The number of nitrogens with one attached hydrogen (secondary N) is 1. The molecule has 0 bridgehead atoms. The molecular weight excluding hydrogens is 184 g/mol. The van der Waals surface area contributed by atoms with E-state index in [1.807, 2.05) is 30.3 Å². The van der Waals surface area contributed by atoms with Crippen LogP contribution < -0.4 is 17.1 Å². The average Bonchev–Trinajstić information content (AvgIpc) is 2.18. The second kappa shape index (κ2) is 4.76. The van der Waals surface area contributed by atoms with Crippen LogP contribution in [0, 0.1) is 0 Å². The Morgan fingerprint density at radius 2 is 2.00 bits per heavy atom. The molecule has 5 N–H and O–H groups in total. The number of hydrogen-bond acceptors (Lipinski definition) is 3. The van der Waals surface area contributed by atoms with Crippen LogP contribution in [0.5, 0.6) is 0 Å². The van der Waals surface area contributed by atoms with Crippen molar-refractivity contribution in [2.75, 3.05) is 0 Å². The molecule has 0 amide bonds. The van der Waals surface area contributed by atoms with Crippen molar-refractivity contribution in [2.45, 2.75) is 6.54 Å². The van der Waals surface area contributed by atoms with Crippen molar-refractivity contribution < 1.29 is 0 Å². The molecule has 0 spiro atoms. The van der Waals surface area contributed by atoms with Gasteiger partial charge < -0.3 is 0 Å². The molecule has 1 rings (SSSR count). The molecule has 0 radical (unpaired) electrons. The normalized spacial score (nSPS) is 9.38. The fourth-order valence-corrected chi connectivity index (χ4v) is 0.999. The van der Waals surface area contributed by atoms with Gasteiger partial charge in [0, 0.05) is 0 Å². The van der Waals surface area contributed by atoms with Gasteiger partial charge in [0.1, 0.15) is 0 Å². The van der Waals surface area contributed by atoms with Crippen LogP contribution in [0.2, 0.25) is 0 Å². The minimum absolute atomic E-state index is 0.323. The van der Waals surface area contributed by atoms with E-state index in [-0.39, 0.29) is 0 Å². The van der Waals surface area contributed by atoms with Crippen LogP contribution >= 0.6 is 12.2 Å². The summed E-state index contributed by atoms with van der Waals surface area (Å²) in [5.41, 5.74) is 3.40. The Labute approximate surface area is 82.4 Å². The van der Waals surface area contributed by atoms with Gasteiger partial charge in [0.25, 0.3) is 0 Å². The minimum atomic E-state index is 0.323. The molecule has 1 aromatic carbocycles. The average molecular weight is 196 g/mol. The largest absolute Gasteiger partial charge is 0.300 e. The van der Waals surface area contributed by atoms with Crippen LogP contribution in [0.3, 0.4) is 0 Å². The zero-order valence-electron chi connectivity index (χ0n) is 7.10. The molecule has 5 heteroatoms. The molecule has 0 heterocycles. The van der Waals surface area contributed by atoms with E-state index in [0.717, 1.165) is 5.56 Å². The van der Waals surface area contributed by atoms with Crippen molar-refractivity contribution in [3.63, 3.8) is 0 Å². The Kier molecular flexibility index (Phi) is 3.63.